The fourth-order valence-corrected chi connectivity index (χ4v) is 2.70. The molecule has 0 unspecified atom stereocenters. The second kappa shape index (κ2) is 7.27. The Kier molecular flexibility index (Phi) is 5.06. The molecule has 0 bridgehead atoms. The summed E-state index contributed by atoms with van der Waals surface area (Å²) in [6.45, 7) is 0. The van der Waals surface area contributed by atoms with Crippen LogP contribution in [0.4, 0.5) is 11.6 Å². The quantitative estimate of drug-likeness (QED) is 0.367. The zero-order chi connectivity index (χ0) is 17.4. The van der Waals surface area contributed by atoms with Gasteiger partial charge in [0.25, 0.3) is 5.69 Å². The Balaban J connectivity index is 0.00000196. The number of non-ortho nitro benzene ring substituents is 1. The van der Waals surface area contributed by atoms with Gasteiger partial charge in [0.05, 0.1) is 16.3 Å². The van der Waals surface area contributed by atoms with Crippen molar-refractivity contribution in [1.29, 1.82) is 0 Å². The molecule has 26 heavy (non-hydrogen) atoms. The number of nitro groups is 1. The summed E-state index contributed by atoms with van der Waals surface area (Å²) in [5, 5.41) is 11.1. The fraction of sp³-hybridized carbons (Fsp3) is 0. The van der Waals surface area contributed by atoms with Crippen molar-refractivity contribution in [2.45, 2.75) is 0 Å². The van der Waals surface area contributed by atoms with Gasteiger partial charge in [0.2, 0.25) is 0 Å². The van der Waals surface area contributed by atoms with E-state index in [4.69, 9.17) is 5.73 Å². The molecule has 0 saturated heterocycles. The van der Waals surface area contributed by atoms with Crippen LogP contribution in [0, 0.1) is 10.1 Å². The summed E-state index contributed by atoms with van der Waals surface area (Å²) >= 11 is 0. The van der Waals surface area contributed by atoms with E-state index in [0.29, 0.717) is 28.3 Å². The van der Waals surface area contributed by atoms with Crippen LogP contribution in [-0.4, -0.2) is 24.3 Å². The predicted octanol–water partition coefficient (Wildman–Crippen LogP) is 4.05. The molecule has 0 spiro atoms. The van der Waals surface area contributed by atoms with Crippen LogP contribution in [-0.2, 0) is 32.7 Å². The second-order valence-corrected chi connectivity index (χ2v) is 5.31. The molecule has 125 valence electrons. The maximum absolute atomic E-state index is 11.1. The maximum Gasteiger partial charge on any atom is 0.270 e. The molecule has 8 nitrogen and oxygen atoms in total. The summed E-state index contributed by atoms with van der Waals surface area (Å²) in [5.41, 5.74) is 10.7. The van der Waals surface area contributed by atoms with E-state index in [1.165, 1.54) is 18.3 Å². The summed E-state index contributed by atoms with van der Waals surface area (Å²) in [4.78, 5) is 23.2. The molecule has 3 aromatic heterocycles. The Morgan fingerprint density at radius 1 is 1.08 bits per heavy atom. The number of hydrogen-bond donors (Lipinski definition) is 0. The van der Waals surface area contributed by atoms with Crippen LogP contribution in [0.3, 0.4) is 0 Å². The van der Waals surface area contributed by atoms with Crippen molar-refractivity contribution >= 4 is 17.3 Å². The third-order valence-corrected chi connectivity index (χ3v) is 3.76. The van der Waals surface area contributed by atoms with E-state index in [-0.39, 0.29) is 44.3 Å². The minimum Gasteiger partial charge on any atom is -0.410 e. The van der Waals surface area contributed by atoms with Crippen LogP contribution in [0.15, 0.2) is 60.9 Å². The molecule has 9 heteroatoms. The Labute approximate surface area is 173 Å². The number of aromatic nitrogens is 4. The van der Waals surface area contributed by atoms with Crippen molar-refractivity contribution in [3.05, 3.63) is 76.8 Å². The summed E-state index contributed by atoms with van der Waals surface area (Å²) in [7, 11) is 0. The average molecular weight is 420 g/mol. The Hall–Kier alpha value is -2.71. The Bertz CT molecular complexity index is 1110. The molecule has 3 heterocycles. The van der Waals surface area contributed by atoms with Crippen LogP contribution in [0.1, 0.15) is 0 Å². The SMILES string of the molecule is [NH-]c1nccc(-c2c(-c3cccc([N+](=O)[O-])c3)nc3ccccn23)n1.[Y]. The first-order chi connectivity index (χ1) is 12.1. The van der Waals surface area contributed by atoms with Crippen molar-refractivity contribution in [1.82, 2.24) is 19.4 Å². The first kappa shape index (κ1) is 18.1. The molecular weight excluding hydrogens is 409 g/mol. The van der Waals surface area contributed by atoms with E-state index < -0.39 is 4.92 Å². The van der Waals surface area contributed by atoms with Gasteiger partial charge in [-0.2, -0.15) is 0 Å². The van der Waals surface area contributed by atoms with Crippen LogP contribution in [0.2, 0.25) is 0 Å². The van der Waals surface area contributed by atoms with Gasteiger partial charge in [-0.05, 0) is 24.4 Å². The van der Waals surface area contributed by atoms with Gasteiger partial charge in [-0.3, -0.25) is 14.5 Å². The van der Waals surface area contributed by atoms with Gasteiger partial charge >= 0.3 is 0 Å². The molecule has 4 aromatic rings. The molecule has 0 aliphatic carbocycles. The van der Waals surface area contributed by atoms with E-state index >= 15 is 0 Å². The van der Waals surface area contributed by atoms with E-state index in [1.54, 1.807) is 18.2 Å². The van der Waals surface area contributed by atoms with E-state index in [1.807, 2.05) is 28.8 Å². The first-order valence-corrected chi connectivity index (χ1v) is 7.40. The zero-order valence-corrected chi connectivity index (χ0v) is 16.2. The summed E-state index contributed by atoms with van der Waals surface area (Å²) in [6, 6.07) is 13.6. The topological polar surface area (TPSA) is 110 Å². The van der Waals surface area contributed by atoms with Gasteiger partial charge in [0.1, 0.15) is 5.65 Å². The maximum atomic E-state index is 11.1. The Morgan fingerprint density at radius 2 is 1.92 bits per heavy atom. The van der Waals surface area contributed by atoms with Gasteiger partial charge < -0.3 is 15.7 Å². The van der Waals surface area contributed by atoms with Crippen molar-refractivity contribution in [2.24, 2.45) is 0 Å². The third-order valence-electron chi connectivity index (χ3n) is 3.76. The first-order valence-electron chi connectivity index (χ1n) is 7.40. The minimum atomic E-state index is -0.439. The molecule has 0 aliphatic heterocycles. The number of rotatable bonds is 3. The molecule has 0 saturated carbocycles. The number of fused-ring (bicyclic) bond motifs is 1. The molecular formula is C17H11N6O2Y-. The molecule has 1 aromatic carbocycles. The van der Waals surface area contributed by atoms with E-state index in [2.05, 4.69) is 15.0 Å². The van der Waals surface area contributed by atoms with E-state index in [9.17, 15) is 10.1 Å². The van der Waals surface area contributed by atoms with Crippen LogP contribution in [0.25, 0.3) is 34.0 Å². The normalized spacial score (nSPS) is 10.5. The van der Waals surface area contributed by atoms with Gasteiger partial charge in [0.15, 0.2) is 0 Å². The van der Waals surface area contributed by atoms with Gasteiger partial charge in [-0.25, -0.2) is 4.98 Å². The van der Waals surface area contributed by atoms with Crippen LogP contribution < -0.4 is 0 Å². The molecule has 1 radical (unpaired) electrons. The molecule has 1 N–H and O–H groups in total. The monoisotopic (exact) mass is 420 g/mol. The summed E-state index contributed by atoms with van der Waals surface area (Å²) in [5.74, 6) is -0.103. The number of pyridine rings is 1. The van der Waals surface area contributed by atoms with Gasteiger partial charge in [-0.15, -0.1) is 0 Å². The standard InChI is InChI=1S/C17H11N6O2.Y/c18-17-19-8-7-13(20-17)16-15(21-14-6-1-2-9-22(14)16)11-4-3-5-12(10-11)23(24)25;/h1-10H,(H-,18,19,20);/q-1;. The largest absolute Gasteiger partial charge is 0.410 e. The van der Waals surface area contributed by atoms with Crippen molar-refractivity contribution in [3.63, 3.8) is 0 Å². The molecule has 0 fully saturated rings. The smallest absolute Gasteiger partial charge is 0.270 e. The number of nitrogens with zero attached hydrogens (tertiary/aromatic N) is 5. The van der Waals surface area contributed by atoms with Crippen molar-refractivity contribution < 1.29 is 37.6 Å². The van der Waals surface area contributed by atoms with Crippen LogP contribution in [0.5, 0.6) is 0 Å². The number of nitro benzene ring substituents is 1. The minimum absolute atomic E-state index is 0. The zero-order valence-electron chi connectivity index (χ0n) is 13.4. The number of benzene rings is 1. The van der Waals surface area contributed by atoms with Crippen molar-refractivity contribution in [3.8, 4) is 22.6 Å². The second-order valence-electron chi connectivity index (χ2n) is 5.31. The van der Waals surface area contributed by atoms with Gasteiger partial charge in [-0.1, -0.05) is 18.2 Å². The molecule has 0 aliphatic rings. The third kappa shape index (κ3) is 3.21. The average Bonchev–Trinajstić information content (AvgIpc) is 3.01. The molecule has 0 atom stereocenters. The van der Waals surface area contributed by atoms with E-state index in [0.717, 1.165) is 0 Å². The predicted molar refractivity (Wildman–Crippen MR) is 92.3 cm³/mol. The fourth-order valence-electron chi connectivity index (χ4n) is 2.70. The Morgan fingerprint density at radius 3 is 2.69 bits per heavy atom. The number of imidazole rings is 1. The molecule has 0 amide bonds. The van der Waals surface area contributed by atoms with Crippen molar-refractivity contribution in [2.75, 3.05) is 0 Å². The van der Waals surface area contributed by atoms with Gasteiger partial charge in [0, 0.05) is 68.2 Å². The molecule has 4 rings (SSSR count). The number of hydrogen-bond acceptors (Lipinski definition) is 5. The number of nitrogens with one attached hydrogen (secondary N) is 1. The summed E-state index contributed by atoms with van der Waals surface area (Å²) < 4.78 is 1.84. The summed E-state index contributed by atoms with van der Waals surface area (Å²) in [6.07, 6.45) is 3.34. The van der Waals surface area contributed by atoms with Crippen LogP contribution >= 0.6 is 0 Å².